The van der Waals surface area contributed by atoms with Gasteiger partial charge in [-0.1, -0.05) is 37.3 Å². The lowest BCUT2D eigenvalue weighted by atomic mass is 10.1. The van der Waals surface area contributed by atoms with Crippen LogP contribution in [0.4, 0.5) is 0 Å². The summed E-state index contributed by atoms with van der Waals surface area (Å²) in [6.07, 6.45) is 7.61. The van der Waals surface area contributed by atoms with Crippen molar-refractivity contribution in [2.75, 3.05) is 26.2 Å². The molecule has 2 heterocycles. The molecule has 0 aliphatic carbocycles. The number of benzene rings is 1. The smallest absolute Gasteiger partial charge is 0.0271 e. The lowest BCUT2D eigenvalue weighted by molar-refractivity contribution is 0.172. The van der Waals surface area contributed by atoms with Crippen molar-refractivity contribution >= 4 is 0 Å². The molecule has 1 aromatic heterocycles. The average molecular weight is 323 g/mol. The topological polar surface area (TPSA) is 19.4 Å². The molecule has 1 atom stereocenters. The molecule has 0 amide bonds. The number of hydrogen-bond acceptors (Lipinski definition) is 3. The Balaban J connectivity index is 1.63. The SMILES string of the molecule is CCN1CCC[C@H]1CN(CCc1ccccc1)Cc1ccncc1. The molecular weight excluding hydrogens is 294 g/mol. The number of nitrogens with zero attached hydrogens (tertiary/aromatic N) is 3. The number of pyridine rings is 1. The fraction of sp³-hybridized carbons (Fsp3) is 0.476. The third-order valence-electron chi connectivity index (χ3n) is 5.09. The molecule has 1 aliphatic rings. The highest BCUT2D eigenvalue weighted by Gasteiger charge is 2.25. The molecule has 1 aromatic carbocycles. The maximum atomic E-state index is 4.15. The quantitative estimate of drug-likeness (QED) is 0.740. The summed E-state index contributed by atoms with van der Waals surface area (Å²) in [5.41, 5.74) is 2.79. The highest BCUT2D eigenvalue weighted by atomic mass is 15.2. The number of likely N-dealkylation sites (N-methyl/N-ethyl adjacent to an activating group) is 1. The van der Waals surface area contributed by atoms with Gasteiger partial charge in [-0.2, -0.15) is 0 Å². The van der Waals surface area contributed by atoms with E-state index in [0.717, 1.165) is 19.5 Å². The van der Waals surface area contributed by atoms with Gasteiger partial charge in [0.25, 0.3) is 0 Å². The van der Waals surface area contributed by atoms with Gasteiger partial charge in [-0.15, -0.1) is 0 Å². The third-order valence-corrected chi connectivity index (χ3v) is 5.09. The van der Waals surface area contributed by atoms with Gasteiger partial charge in [0.15, 0.2) is 0 Å². The maximum Gasteiger partial charge on any atom is 0.0271 e. The molecule has 0 N–H and O–H groups in total. The molecular formula is C21H29N3. The van der Waals surface area contributed by atoms with Crippen LogP contribution in [0.15, 0.2) is 54.9 Å². The van der Waals surface area contributed by atoms with Crippen LogP contribution in [-0.2, 0) is 13.0 Å². The highest BCUT2D eigenvalue weighted by molar-refractivity contribution is 5.15. The molecule has 3 rings (SSSR count). The first kappa shape index (κ1) is 17.1. The van der Waals surface area contributed by atoms with Crippen molar-refractivity contribution in [2.24, 2.45) is 0 Å². The highest BCUT2D eigenvalue weighted by Crippen LogP contribution is 2.19. The summed E-state index contributed by atoms with van der Waals surface area (Å²) in [6.45, 7) is 8.03. The van der Waals surface area contributed by atoms with Crippen molar-refractivity contribution in [1.82, 2.24) is 14.8 Å². The van der Waals surface area contributed by atoms with Crippen LogP contribution in [0.5, 0.6) is 0 Å². The third kappa shape index (κ3) is 4.89. The molecule has 0 spiro atoms. The molecule has 0 bridgehead atoms. The summed E-state index contributed by atoms with van der Waals surface area (Å²) in [6, 6.07) is 15.8. The molecule has 24 heavy (non-hydrogen) atoms. The zero-order chi connectivity index (χ0) is 16.6. The summed E-state index contributed by atoms with van der Waals surface area (Å²) in [5.74, 6) is 0. The fourth-order valence-electron chi connectivity index (χ4n) is 3.73. The van der Waals surface area contributed by atoms with Gasteiger partial charge in [-0.3, -0.25) is 14.8 Å². The predicted octanol–water partition coefficient (Wildman–Crippen LogP) is 3.61. The van der Waals surface area contributed by atoms with Crippen LogP contribution in [0.25, 0.3) is 0 Å². The predicted molar refractivity (Wildman–Crippen MR) is 99.9 cm³/mol. The molecule has 3 nitrogen and oxygen atoms in total. The molecule has 1 aliphatic heterocycles. The van der Waals surface area contributed by atoms with E-state index in [0.29, 0.717) is 6.04 Å². The largest absolute Gasteiger partial charge is 0.299 e. The van der Waals surface area contributed by atoms with Crippen molar-refractivity contribution in [2.45, 2.75) is 38.8 Å². The van der Waals surface area contributed by atoms with E-state index >= 15 is 0 Å². The van der Waals surface area contributed by atoms with Crippen molar-refractivity contribution in [3.05, 3.63) is 66.0 Å². The Kier molecular flexibility index (Phi) is 6.39. The molecule has 0 saturated carbocycles. The number of hydrogen-bond donors (Lipinski definition) is 0. The molecule has 128 valence electrons. The van der Waals surface area contributed by atoms with Gasteiger partial charge in [0.1, 0.15) is 0 Å². The zero-order valence-electron chi connectivity index (χ0n) is 14.8. The van der Waals surface area contributed by atoms with E-state index in [1.54, 1.807) is 0 Å². The van der Waals surface area contributed by atoms with Gasteiger partial charge in [0, 0.05) is 38.1 Å². The van der Waals surface area contributed by atoms with Crippen molar-refractivity contribution in [1.29, 1.82) is 0 Å². The Morgan fingerprint density at radius 3 is 2.62 bits per heavy atom. The Morgan fingerprint density at radius 2 is 1.88 bits per heavy atom. The van der Waals surface area contributed by atoms with E-state index in [2.05, 4.69) is 64.2 Å². The van der Waals surface area contributed by atoms with Gasteiger partial charge in [0.05, 0.1) is 0 Å². The van der Waals surface area contributed by atoms with Crippen LogP contribution in [0, 0.1) is 0 Å². The maximum absolute atomic E-state index is 4.15. The van der Waals surface area contributed by atoms with Crippen LogP contribution in [-0.4, -0.2) is 47.0 Å². The van der Waals surface area contributed by atoms with E-state index in [-0.39, 0.29) is 0 Å². The minimum atomic E-state index is 0.715. The normalized spacial score (nSPS) is 18.3. The number of aromatic nitrogens is 1. The second-order valence-electron chi connectivity index (χ2n) is 6.75. The summed E-state index contributed by atoms with van der Waals surface area (Å²) in [4.78, 5) is 9.42. The van der Waals surface area contributed by atoms with Crippen LogP contribution in [0.3, 0.4) is 0 Å². The Labute approximate surface area is 146 Å². The lowest BCUT2D eigenvalue weighted by Crippen LogP contribution is -2.40. The van der Waals surface area contributed by atoms with Crippen molar-refractivity contribution in [3.8, 4) is 0 Å². The Hall–Kier alpha value is -1.71. The molecule has 1 saturated heterocycles. The van der Waals surface area contributed by atoms with E-state index in [9.17, 15) is 0 Å². The standard InChI is InChI=1S/C21H29N3/c1-2-24-15-6-9-21(24)18-23(17-20-10-13-22-14-11-20)16-12-19-7-4-3-5-8-19/h3-5,7-8,10-11,13-14,21H,2,6,9,12,15-18H2,1H3/t21-/m0/s1. The molecule has 0 unspecified atom stereocenters. The minimum absolute atomic E-state index is 0.715. The summed E-state index contributed by atoms with van der Waals surface area (Å²) < 4.78 is 0. The zero-order valence-corrected chi connectivity index (χ0v) is 14.8. The minimum Gasteiger partial charge on any atom is -0.299 e. The molecule has 3 heteroatoms. The van der Waals surface area contributed by atoms with E-state index < -0.39 is 0 Å². The first-order chi connectivity index (χ1) is 11.8. The fourth-order valence-corrected chi connectivity index (χ4v) is 3.73. The Morgan fingerprint density at radius 1 is 1.08 bits per heavy atom. The van der Waals surface area contributed by atoms with Gasteiger partial charge in [0.2, 0.25) is 0 Å². The summed E-state index contributed by atoms with van der Waals surface area (Å²) >= 11 is 0. The van der Waals surface area contributed by atoms with Gasteiger partial charge in [-0.05, 0) is 55.6 Å². The van der Waals surface area contributed by atoms with Crippen LogP contribution in [0.2, 0.25) is 0 Å². The molecule has 0 radical (unpaired) electrons. The van der Waals surface area contributed by atoms with Crippen LogP contribution >= 0.6 is 0 Å². The monoisotopic (exact) mass is 323 g/mol. The van der Waals surface area contributed by atoms with Gasteiger partial charge in [-0.25, -0.2) is 0 Å². The average Bonchev–Trinajstić information content (AvgIpc) is 3.08. The van der Waals surface area contributed by atoms with E-state index in [4.69, 9.17) is 0 Å². The van der Waals surface area contributed by atoms with Gasteiger partial charge < -0.3 is 0 Å². The Bertz CT molecular complexity index is 585. The number of rotatable bonds is 8. The van der Waals surface area contributed by atoms with Crippen LogP contribution < -0.4 is 0 Å². The number of likely N-dealkylation sites (tertiary alicyclic amines) is 1. The van der Waals surface area contributed by atoms with Crippen molar-refractivity contribution in [3.63, 3.8) is 0 Å². The van der Waals surface area contributed by atoms with Crippen LogP contribution in [0.1, 0.15) is 30.9 Å². The summed E-state index contributed by atoms with van der Waals surface area (Å²) in [7, 11) is 0. The summed E-state index contributed by atoms with van der Waals surface area (Å²) in [5, 5.41) is 0. The van der Waals surface area contributed by atoms with Gasteiger partial charge >= 0.3 is 0 Å². The second-order valence-corrected chi connectivity index (χ2v) is 6.75. The first-order valence-electron chi connectivity index (χ1n) is 9.24. The van der Waals surface area contributed by atoms with Crippen molar-refractivity contribution < 1.29 is 0 Å². The van der Waals surface area contributed by atoms with E-state index in [1.807, 2.05) is 12.4 Å². The lowest BCUT2D eigenvalue weighted by Gasteiger charge is -2.30. The van der Waals surface area contributed by atoms with E-state index in [1.165, 1.54) is 43.6 Å². The molecule has 2 aromatic rings. The first-order valence-corrected chi connectivity index (χ1v) is 9.24. The molecule has 1 fully saturated rings. The second kappa shape index (κ2) is 8.95.